The largest absolute Gasteiger partial charge is 0.504 e. The number of carbonyl (C=O) groups excluding carboxylic acids is 1. The number of benzene rings is 1. The van der Waals surface area contributed by atoms with Crippen LogP contribution in [0.3, 0.4) is 0 Å². The molecule has 40 heavy (non-hydrogen) atoms. The van der Waals surface area contributed by atoms with Crippen molar-refractivity contribution in [2.24, 2.45) is 11.8 Å². The third-order valence-corrected chi connectivity index (χ3v) is 10.1. The first-order chi connectivity index (χ1) is 19.0. The van der Waals surface area contributed by atoms with Crippen LogP contribution in [-0.4, -0.2) is 82.5 Å². The van der Waals surface area contributed by atoms with Gasteiger partial charge in [0.15, 0.2) is 0 Å². The number of carbonyl (C=O) groups is 1. The number of methoxy groups -OCH3 is 4. The van der Waals surface area contributed by atoms with Crippen LogP contribution in [0.2, 0.25) is 0 Å². The molecule has 6 atom stereocenters. The molecule has 3 saturated heterocycles. The zero-order valence-corrected chi connectivity index (χ0v) is 25.4. The Hall–Kier alpha value is -2.27. The first-order valence-electron chi connectivity index (χ1n) is 14.4. The second-order valence-electron chi connectivity index (χ2n) is 12.6. The van der Waals surface area contributed by atoms with Gasteiger partial charge < -0.3 is 33.6 Å². The lowest BCUT2D eigenvalue weighted by Gasteiger charge is -2.53. The van der Waals surface area contributed by atoms with E-state index in [9.17, 15) is 4.79 Å². The van der Waals surface area contributed by atoms with Gasteiger partial charge in [0.2, 0.25) is 0 Å². The number of esters is 1. The minimum atomic E-state index is -0.483. The summed E-state index contributed by atoms with van der Waals surface area (Å²) < 4.78 is 35.4. The van der Waals surface area contributed by atoms with E-state index in [2.05, 4.69) is 57.0 Å². The van der Waals surface area contributed by atoms with E-state index in [1.165, 1.54) is 12.7 Å². The maximum atomic E-state index is 12.8. The van der Waals surface area contributed by atoms with Crippen molar-refractivity contribution >= 4 is 24.2 Å². The van der Waals surface area contributed by atoms with Crippen molar-refractivity contribution in [3.05, 3.63) is 29.5 Å². The van der Waals surface area contributed by atoms with Gasteiger partial charge in [0, 0.05) is 42.9 Å². The molecule has 4 aliphatic heterocycles. The smallest absolute Gasteiger partial charge is 0.495 e. The number of ether oxygens (including phenoxy) is 4. The summed E-state index contributed by atoms with van der Waals surface area (Å²) in [4.78, 5) is 15.3. The number of hydrogen-bond donors (Lipinski definition) is 1. The molecule has 4 unspecified atom stereocenters. The summed E-state index contributed by atoms with van der Waals surface area (Å²) >= 11 is 0. The van der Waals surface area contributed by atoms with Crippen molar-refractivity contribution in [1.82, 2.24) is 4.90 Å². The molecule has 9 nitrogen and oxygen atoms in total. The van der Waals surface area contributed by atoms with Crippen LogP contribution < -0.4 is 15.5 Å². The Labute approximate surface area is 239 Å². The Morgan fingerprint density at radius 1 is 1.12 bits per heavy atom. The minimum absolute atomic E-state index is 0.0163. The van der Waals surface area contributed by atoms with Crippen LogP contribution in [0.1, 0.15) is 65.4 Å². The summed E-state index contributed by atoms with van der Waals surface area (Å²) in [5.41, 5.74) is 2.89. The molecule has 0 spiro atoms. The molecule has 220 valence electrons. The molecule has 4 heterocycles. The van der Waals surface area contributed by atoms with Crippen LogP contribution in [0.15, 0.2) is 24.0 Å². The van der Waals surface area contributed by atoms with Gasteiger partial charge in [-0.05, 0) is 70.0 Å². The number of rotatable bonds is 7. The van der Waals surface area contributed by atoms with E-state index < -0.39 is 18.3 Å². The van der Waals surface area contributed by atoms with Gasteiger partial charge in [0.05, 0.1) is 44.4 Å². The van der Waals surface area contributed by atoms with E-state index >= 15 is 0 Å². The average Bonchev–Trinajstić information content (AvgIpc) is 3.41. The fourth-order valence-electron chi connectivity index (χ4n) is 7.24. The molecule has 3 fully saturated rings. The Bertz CT molecular complexity index is 1140. The van der Waals surface area contributed by atoms with E-state index in [0.717, 1.165) is 42.7 Å². The van der Waals surface area contributed by atoms with Gasteiger partial charge >= 0.3 is 13.1 Å². The second-order valence-corrected chi connectivity index (χ2v) is 12.6. The molecule has 0 amide bonds. The lowest BCUT2D eigenvalue weighted by molar-refractivity contribution is -0.140. The summed E-state index contributed by atoms with van der Waals surface area (Å²) in [5.74, 6) is 0.988. The third-order valence-electron chi connectivity index (χ3n) is 10.1. The van der Waals surface area contributed by atoms with Gasteiger partial charge in [-0.2, -0.15) is 0 Å². The van der Waals surface area contributed by atoms with E-state index in [0.29, 0.717) is 5.57 Å². The first-order valence-corrected chi connectivity index (χ1v) is 14.4. The number of nitrogens with zero attached hydrogens (tertiary/aromatic N) is 1. The standard InChI is InChI=1S/C30H45BN2O7/c1-10-17-15-33-23(13-19(17)21(16-35-6)28(34)38-9)27-20(14-25(33)37-8)26-22(32-27)11-18(12-24(26)36-7)31-39-29(2,3)30(4,5)40-31/h11-12,16-17,19-20,23,25,27,32H,10,13-15H2,1-9H3/b21-16+/t17-,19+,20?,23?,25?,27?/m1/s1. The zero-order valence-electron chi connectivity index (χ0n) is 25.4. The summed E-state index contributed by atoms with van der Waals surface area (Å²) in [6.07, 6.45) is 4.11. The van der Waals surface area contributed by atoms with E-state index in [4.69, 9.17) is 28.3 Å². The van der Waals surface area contributed by atoms with Gasteiger partial charge in [-0.3, -0.25) is 4.90 Å². The highest BCUT2D eigenvalue weighted by molar-refractivity contribution is 6.62. The number of piperidine rings is 2. The Kier molecular flexibility index (Phi) is 7.93. The molecule has 5 rings (SSSR count). The molecule has 0 radical (unpaired) electrons. The number of nitrogens with one attached hydrogen (secondary N) is 1. The predicted molar refractivity (Wildman–Crippen MR) is 154 cm³/mol. The summed E-state index contributed by atoms with van der Waals surface area (Å²) in [7, 11) is 6.04. The average molecular weight is 557 g/mol. The lowest BCUT2D eigenvalue weighted by Crippen LogP contribution is -2.62. The summed E-state index contributed by atoms with van der Waals surface area (Å²) in [5, 5.41) is 3.87. The Balaban J connectivity index is 1.50. The van der Waals surface area contributed by atoms with Gasteiger partial charge in [-0.25, -0.2) is 4.79 Å². The van der Waals surface area contributed by atoms with Crippen LogP contribution in [0, 0.1) is 11.8 Å². The quantitative estimate of drug-likeness (QED) is 0.234. The Morgan fingerprint density at radius 3 is 2.40 bits per heavy atom. The van der Waals surface area contributed by atoms with Crippen molar-refractivity contribution < 1.29 is 33.1 Å². The molecule has 0 saturated carbocycles. The summed E-state index contributed by atoms with van der Waals surface area (Å²) in [6, 6.07) is 4.49. The molecule has 0 aromatic heterocycles. The van der Waals surface area contributed by atoms with E-state index in [1.807, 2.05) is 0 Å². The second kappa shape index (κ2) is 10.9. The zero-order chi connectivity index (χ0) is 29.0. The molecular formula is C30H45BN2O7. The molecule has 0 aliphatic carbocycles. The van der Waals surface area contributed by atoms with Gasteiger partial charge in [-0.15, -0.1) is 0 Å². The van der Waals surface area contributed by atoms with Gasteiger partial charge in [0.1, 0.15) is 12.0 Å². The fourth-order valence-corrected chi connectivity index (χ4v) is 7.24. The Morgan fingerprint density at radius 2 is 1.82 bits per heavy atom. The molecule has 0 bridgehead atoms. The normalized spacial score (nSPS) is 32.5. The van der Waals surface area contributed by atoms with Crippen LogP contribution in [0.4, 0.5) is 5.69 Å². The predicted octanol–water partition coefficient (Wildman–Crippen LogP) is 3.67. The number of hydrogen-bond acceptors (Lipinski definition) is 9. The van der Waals surface area contributed by atoms with Gasteiger partial charge in [-0.1, -0.05) is 13.3 Å². The SMILES string of the molecule is CC[C@@H]1CN2C(OC)CC3c4c(cc(B5OC(C)(C)C(C)(C)O5)cc4OC)NC3C2C[C@@H]1/C(=C\OC)C(=O)OC. The van der Waals surface area contributed by atoms with Crippen LogP contribution in [0.25, 0.3) is 0 Å². The van der Waals surface area contributed by atoms with Crippen molar-refractivity contribution in [2.75, 3.05) is 40.3 Å². The van der Waals surface area contributed by atoms with Crippen molar-refractivity contribution in [3.63, 3.8) is 0 Å². The van der Waals surface area contributed by atoms with Crippen LogP contribution in [-0.2, 0) is 28.3 Å². The monoisotopic (exact) mass is 556 g/mol. The maximum Gasteiger partial charge on any atom is 0.495 e. The maximum absolute atomic E-state index is 12.8. The topological polar surface area (TPSA) is 87.7 Å². The third kappa shape index (κ3) is 4.70. The molecule has 1 N–H and O–H groups in total. The molecule has 1 aromatic rings. The minimum Gasteiger partial charge on any atom is -0.504 e. The molecular weight excluding hydrogens is 511 g/mol. The first kappa shape index (κ1) is 29.2. The van der Waals surface area contributed by atoms with Crippen LogP contribution >= 0.6 is 0 Å². The van der Waals surface area contributed by atoms with Crippen molar-refractivity contribution in [1.29, 1.82) is 0 Å². The fraction of sp³-hybridized carbons (Fsp3) is 0.700. The highest BCUT2D eigenvalue weighted by atomic mass is 16.7. The molecule has 4 aliphatic rings. The number of fused-ring (bicyclic) bond motifs is 5. The lowest BCUT2D eigenvalue weighted by atomic mass is 9.70. The highest BCUT2D eigenvalue weighted by Crippen LogP contribution is 2.52. The van der Waals surface area contributed by atoms with Gasteiger partial charge in [0.25, 0.3) is 0 Å². The van der Waals surface area contributed by atoms with Crippen molar-refractivity contribution in [2.45, 2.75) is 89.3 Å². The number of anilines is 1. The van der Waals surface area contributed by atoms with Crippen LogP contribution in [0.5, 0.6) is 5.75 Å². The summed E-state index contributed by atoms with van der Waals surface area (Å²) in [6.45, 7) is 11.3. The molecule has 10 heteroatoms. The van der Waals surface area contributed by atoms with E-state index in [1.54, 1.807) is 27.6 Å². The highest BCUT2D eigenvalue weighted by Gasteiger charge is 2.55. The van der Waals surface area contributed by atoms with E-state index in [-0.39, 0.29) is 42.0 Å². The van der Waals surface area contributed by atoms with Crippen molar-refractivity contribution in [3.8, 4) is 5.75 Å². The molecule has 1 aromatic carbocycles.